The normalized spacial score (nSPS) is 18.9. The van der Waals surface area contributed by atoms with Gasteiger partial charge in [0.05, 0.1) is 0 Å². The van der Waals surface area contributed by atoms with Gasteiger partial charge >= 0.3 is 5.97 Å². The van der Waals surface area contributed by atoms with Crippen LogP contribution in [0.25, 0.3) is 16.8 Å². The van der Waals surface area contributed by atoms with Crippen molar-refractivity contribution >= 4 is 33.7 Å². The van der Waals surface area contributed by atoms with Gasteiger partial charge in [-0.3, -0.25) is 0 Å². The maximum atomic E-state index is 12.8. The lowest BCUT2D eigenvalue weighted by Gasteiger charge is -2.22. The van der Waals surface area contributed by atoms with Gasteiger partial charge in [-0.25, -0.2) is 4.79 Å². The van der Waals surface area contributed by atoms with Crippen LogP contribution < -0.4 is 4.74 Å². The average molecular weight is 481 g/mol. The third kappa shape index (κ3) is 3.82. The van der Waals surface area contributed by atoms with Crippen molar-refractivity contribution in [1.29, 1.82) is 0 Å². The van der Waals surface area contributed by atoms with E-state index in [1.165, 1.54) is 36.6 Å². The van der Waals surface area contributed by atoms with Crippen molar-refractivity contribution in [2.24, 2.45) is 0 Å². The second-order valence-corrected chi connectivity index (χ2v) is 11.8. The van der Waals surface area contributed by atoms with Crippen molar-refractivity contribution in [2.75, 3.05) is 6.61 Å². The molecule has 4 heteroatoms. The van der Waals surface area contributed by atoms with E-state index < -0.39 is 10.9 Å². The zero-order valence-electron chi connectivity index (χ0n) is 20.2. The highest BCUT2D eigenvalue weighted by Gasteiger charge is 2.28. The molecule has 2 atom stereocenters. The number of carbonyl (C=O) groups is 1. The molecule has 0 bridgehead atoms. The molecule has 4 aromatic carbocycles. The van der Waals surface area contributed by atoms with Crippen molar-refractivity contribution < 1.29 is 14.3 Å². The molecule has 0 aromatic heterocycles. The molecule has 4 aromatic rings. The monoisotopic (exact) mass is 480 g/mol. The minimum absolute atomic E-state index is 0.0969. The Morgan fingerprint density at radius 1 is 0.943 bits per heavy atom. The van der Waals surface area contributed by atoms with Gasteiger partial charge in [0.15, 0.2) is 6.61 Å². The van der Waals surface area contributed by atoms with Crippen molar-refractivity contribution in [3.8, 4) is 5.75 Å². The molecular weight excluding hydrogens is 452 g/mol. The molecule has 0 fully saturated rings. The summed E-state index contributed by atoms with van der Waals surface area (Å²) in [6, 6.07) is 25.5. The van der Waals surface area contributed by atoms with Crippen LogP contribution in [-0.4, -0.2) is 12.6 Å². The Morgan fingerprint density at radius 2 is 1.69 bits per heavy atom. The van der Waals surface area contributed by atoms with Crippen LogP contribution in [0.15, 0.2) is 87.5 Å². The predicted molar refractivity (Wildman–Crippen MR) is 144 cm³/mol. The van der Waals surface area contributed by atoms with Crippen LogP contribution in [0, 0.1) is 13.8 Å². The first-order valence-electron chi connectivity index (χ1n) is 12.0. The highest BCUT2D eigenvalue weighted by molar-refractivity contribution is 8.20. The van der Waals surface area contributed by atoms with Crippen molar-refractivity contribution in [3.63, 3.8) is 0 Å². The minimum Gasteiger partial charge on any atom is -0.481 e. The Balaban J connectivity index is 1.17. The maximum Gasteiger partial charge on any atom is 0.344 e. The molecule has 0 N–H and O–H groups in total. The van der Waals surface area contributed by atoms with E-state index in [1.807, 2.05) is 6.07 Å². The van der Waals surface area contributed by atoms with Crippen LogP contribution in [-0.2, 0) is 16.0 Å². The number of benzene rings is 4. The summed E-state index contributed by atoms with van der Waals surface area (Å²) < 4.78 is 11.9. The van der Waals surface area contributed by atoms with E-state index in [-0.39, 0.29) is 18.7 Å². The van der Waals surface area contributed by atoms with Gasteiger partial charge < -0.3 is 9.47 Å². The second kappa shape index (κ2) is 8.62. The summed E-state index contributed by atoms with van der Waals surface area (Å²) in [4.78, 5) is 16.9. The van der Waals surface area contributed by atoms with Gasteiger partial charge in [0, 0.05) is 16.9 Å². The molecule has 2 unspecified atom stereocenters. The molecule has 35 heavy (non-hydrogen) atoms. The smallest absolute Gasteiger partial charge is 0.344 e. The van der Waals surface area contributed by atoms with Crippen LogP contribution in [0.1, 0.15) is 40.8 Å². The standard InChI is InChI=1S/C31H28O3S/c1-19-14-25(35-21(3)16-23-8-4-5-13-28(23)35)15-20(2)31(19)33-18-29(32)34-27-17-24-11-6-9-22-10-7-12-26(27)30(22)24/h4-16,27,35H,17-18H2,1-3H3. The maximum absolute atomic E-state index is 12.8. The molecule has 0 spiro atoms. The average Bonchev–Trinajstić information content (AvgIpc) is 3.36. The number of fused-ring (bicyclic) bond motifs is 1. The fraction of sp³-hybridized carbons (Fsp3) is 0.194. The number of rotatable bonds is 5. The Kier molecular flexibility index (Phi) is 5.42. The summed E-state index contributed by atoms with van der Waals surface area (Å²) in [5.74, 6) is 0.433. The fourth-order valence-corrected chi connectivity index (χ4v) is 8.16. The Morgan fingerprint density at radius 3 is 2.49 bits per heavy atom. The number of hydrogen-bond donors (Lipinski definition) is 1. The largest absolute Gasteiger partial charge is 0.481 e. The molecule has 0 amide bonds. The van der Waals surface area contributed by atoms with E-state index in [1.54, 1.807) is 0 Å². The summed E-state index contributed by atoms with van der Waals surface area (Å²) >= 11 is 0. The highest BCUT2D eigenvalue weighted by atomic mass is 32.2. The van der Waals surface area contributed by atoms with Crippen molar-refractivity contribution in [1.82, 2.24) is 0 Å². The lowest BCUT2D eigenvalue weighted by Crippen LogP contribution is -2.18. The molecule has 1 heterocycles. The van der Waals surface area contributed by atoms with Gasteiger partial charge in [-0.2, -0.15) is 10.9 Å². The molecule has 0 saturated heterocycles. The van der Waals surface area contributed by atoms with Crippen LogP contribution in [0.3, 0.4) is 0 Å². The van der Waals surface area contributed by atoms with E-state index in [2.05, 4.69) is 93.6 Å². The fourth-order valence-electron chi connectivity index (χ4n) is 5.55. The van der Waals surface area contributed by atoms with E-state index in [0.717, 1.165) is 22.4 Å². The topological polar surface area (TPSA) is 35.5 Å². The van der Waals surface area contributed by atoms with Gasteiger partial charge in [-0.15, -0.1) is 0 Å². The lowest BCUT2D eigenvalue weighted by molar-refractivity contribution is -0.151. The van der Waals surface area contributed by atoms with E-state index in [4.69, 9.17) is 9.47 Å². The Hall–Kier alpha value is -3.50. The number of aryl methyl sites for hydroxylation is 2. The quantitative estimate of drug-likeness (QED) is 0.238. The third-order valence-corrected chi connectivity index (χ3v) is 9.48. The number of esters is 1. The zero-order valence-corrected chi connectivity index (χ0v) is 21.1. The van der Waals surface area contributed by atoms with Crippen molar-refractivity contribution in [2.45, 2.75) is 43.1 Å². The number of carbonyl (C=O) groups excluding carboxylic acids is 1. The van der Waals surface area contributed by atoms with E-state index in [9.17, 15) is 4.79 Å². The summed E-state index contributed by atoms with van der Waals surface area (Å²) in [5.41, 5.74) is 5.74. The number of allylic oxidation sites excluding steroid dienone is 1. The first-order chi connectivity index (χ1) is 17.0. The molecule has 1 aliphatic heterocycles. The van der Waals surface area contributed by atoms with Crippen molar-refractivity contribution in [3.05, 3.63) is 106 Å². The van der Waals surface area contributed by atoms with Crippen LogP contribution in [0.2, 0.25) is 0 Å². The van der Waals surface area contributed by atoms with Gasteiger partial charge in [0.1, 0.15) is 11.9 Å². The Bertz CT molecular complexity index is 1490. The molecule has 1 aliphatic carbocycles. The minimum atomic E-state index is -0.518. The van der Waals surface area contributed by atoms with Gasteiger partial charge in [0.25, 0.3) is 0 Å². The van der Waals surface area contributed by atoms with E-state index in [0.29, 0.717) is 6.42 Å². The van der Waals surface area contributed by atoms with Gasteiger partial charge in [-0.05, 0) is 87.9 Å². The Labute approximate surface area is 208 Å². The number of ether oxygens (including phenoxy) is 2. The van der Waals surface area contributed by atoms with Crippen LogP contribution >= 0.6 is 10.9 Å². The van der Waals surface area contributed by atoms with E-state index >= 15 is 0 Å². The summed E-state index contributed by atoms with van der Waals surface area (Å²) in [6.07, 6.45) is 2.76. The van der Waals surface area contributed by atoms with Crippen LogP contribution in [0.5, 0.6) is 5.75 Å². The molecular formula is C31H28O3S. The zero-order chi connectivity index (χ0) is 24.1. The second-order valence-electron chi connectivity index (χ2n) is 9.42. The lowest BCUT2D eigenvalue weighted by atomic mass is 10.1. The highest BCUT2D eigenvalue weighted by Crippen LogP contribution is 2.57. The molecule has 3 nitrogen and oxygen atoms in total. The number of thiol groups is 1. The molecule has 0 radical (unpaired) electrons. The SMILES string of the molecule is CC1=Cc2ccccc2[SH]1c1cc(C)c(OCC(=O)OC2Cc3cccc4cccc2c34)c(C)c1. The summed E-state index contributed by atoms with van der Waals surface area (Å²) in [7, 11) is -0.518. The molecule has 2 aliphatic rings. The van der Waals surface area contributed by atoms with Gasteiger partial charge in [-0.1, -0.05) is 54.6 Å². The predicted octanol–water partition coefficient (Wildman–Crippen LogP) is 7.47. The molecule has 6 rings (SSSR count). The van der Waals surface area contributed by atoms with Gasteiger partial charge in [0.2, 0.25) is 0 Å². The molecule has 0 saturated carbocycles. The number of hydrogen-bond acceptors (Lipinski definition) is 3. The van der Waals surface area contributed by atoms with Crippen LogP contribution in [0.4, 0.5) is 0 Å². The first kappa shape index (κ1) is 22.0. The third-order valence-electron chi connectivity index (χ3n) is 6.98. The summed E-state index contributed by atoms with van der Waals surface area (Å²) in [6.45, 7) is 6.24. The molecule has 176 valence electrons. The summed E-state index contributed by atoms with van der Waals surface area (Å²) in [5, 5.41) is 2.41. The first-order valence-corrected chi connectivity index (χ1v) is 13.4.